The Labute approximate surface area is 185 Å². The summed E-state index contributed by atoms with van der Waals surface area (Å²) in [6, 6.07) is 10.9. The number of likely N-dealkylation sites (N-methyl/N-ethyl adjacent to an activating group) is 1. The van der Waals surface area contributed by atoms with Crippen LogP contribution in [0, 0.1) is 0 Å². The Hall–Kier alpha value is -3.07. The van der Waals surface area contributed by atoms with Gasteiger partial charge in [-0.25, -0.2) is 9.59 Å². The molecule has 0 N–H and O–H groups in total. The summed E-state index contributed by atoms with van der Waals surface area (Å²) < 4.78 is 44.5. The number of piperazine rings is 1. The first-order valence-corrected chi connectivity index (χ1v) is 10.4. The van der Waals surface area contributed by atoms with Crippen molar-refractivity contribution in [1.82, 2.24) is 9.80 Å². The van der Waals surface area contributed by atoms with Crippen molar-refractivity contribution in [3.63, 3.8) is 0 Å². The summed E-state index contributed by atoms with van der Waals surface area (Å²) in [5.74, 6) is -0.490. The summed E-state index contributed by atoms with van der Waals surface area (Å²) in [6.45, 7) is 5.43. The van der Waals surface area contributed by atoms with Crippen LogP contribution in [0.5, 0.6) is 0 Å². The predicted molar refractivity (Wildman–Crippen MR) is 114 cm³/mol. The largest absolute Gasteiger partial charge is 0.465 e. The lowest BCUT2D eigenvalue weighted by Gasteiger charge is -2.37. The van der Waals surface area contributed by atoms with Crippen LogP contribution in [0.25, 0.3) is 0 Å². The van der Waals surface area contributed by atoms with Gasteiger partial charge in [0.05, 0.1) is 24.8 Å². The molecule has 32 heavy (non-hydrogen) atoms. The number of urea groups is 1. The van der Waals surface area contributed by atoms with Crippen LogP contribution in [-0.2, 0) is 17.5 Å². The lowest BCUT2D eigenvalue weighted by molar-refractivity contribution is -0.137. The molecule has 0 atom stereocenters. The fraction of sp³-hybridized carbons (Fsp3) is 0.391. The number of benzene rings is 2. The number of rotatable bonds is 5. The number of alkyl halides is 3. The first-order chi connectivity index (χ1) is 15.2. The lowest BCUT2D eigenvalue weighted by atomic mass is 10.1. The number of amides is 2. The van der Waals surface area contributed by atoms with Crippen LogP contribution < -0.4 is 4.90 Å². The Morgan fingerprint density at radius 2 is 1.69 bits per heavy atom. The second-order valence-electron chi connectivity index (χ2n) is 7.53. The molecule has 6 nitrogen and oxygen atoms in total. The monoisotopic (exact) mass is 449 g/mol. The molecule has 2 aromatic rings. The quantitative estimate of drug-likeness (QED) is 0.641. The minimum atomic E-state index is -4.51. The number of carbonyl (C=O) groups excluding carboxylic acids is 2. The molecule has 2 amide bonds. The van der Waals surface area contributed by atoms with Crippen molar-refractivity contribution >= 4 is 17.7 Å². The van der Waals surface area contributed by atoms with Gasteiger partial charge < -0.3 is 14.5 Å². The van der Waals surface area contributed by atoms with Crippen LogP contribution in [0.2, 0.25) is 0 Å². The molecule has 1 saturated heterocycles. The Kier molecular flexibility index (Phi) is 7.40. The third-order valence-corrected chi connectivity index (χ3v) is 5.52. The number of hydrogen-bond acceptors (Lipinski definition) is 4. The first-order valence-electron chi connectivity index (χ1n) is 10.4. The van der Waals surface area contributed by atoms with Crippen molar-refractivity contribution in [2.75, 3.05) is 44.7 Å². The van der Waals surface area contributed by atoms with E-state index in [-0.39, 0.29) is 18.3 Å². The summed E-state index contributed by atoms with van der Waals surface area (Å²) in [5, 5.41) is 0. The van der Waals surface area contributed by atoms with Crippen LogP contribution in [0.1, 0.15) is 28.4 Å². The molecule has 3 rings (SSSR count). The SMILES string of the molecule is CCN1CCN(C(=O)N(Cc2ccc(C(=O)OC)cc2)c2cccc(C(F)(F)F)c2)CC1. The van der Waals surface area contributed by atoms with E-state index in [4.69, 9.17) is 0 Å². The Bertz CT molecular complexity index is 939. The molecule has 0 radical (unpaired) electrons. The molecule has 1 fully saturated rings. The molecule has 0 bridgehead atoms. The summed E-state index contributed by atoms with van der Waals surface area (Å²) in [6.07, 6.45) is -4.51. The molecule has 1 aliphatic heterocycles. The van der Waals surface area contributed by atoms with Gasteiger partial charge in [0.2, 0.25) is 0 Å². The van der Waals surface area contributed by atoms with Gasteiger partial charge in [0.15, 0.2) is 0 Å². The van der Waals surface area contributed by atoms with Crippen LogP contribution in [0.4, 0.5) is 23.7 Å². The van der Waals surface area contributed by atoms with Crippen LogP contribution in [-0.4, -0.2) is 61.6 Å². The number of methoxy groups -OCH3 is 1. The van der Waals surface area contributed by atoms with Crippen LogP contribution in [0.3, 0.4) is 0 Å². The van der Waals surface area contributed by atoms with E-state index in [1.165, 1.54) is 24.1 Å². The van der Waals surface area contributed by atoms with E-state index < -0.39 is 17.7 Å². The number of carbonyl (C=O) groups is 2. The lowest BCUT2D eigenvalue weighted by Crippen LogP contribution is -2.52. The fourth-order valence-corrected chi connectivity index (χ4v) is 3.59. The number of hydrogen-bond donors (Lipinski definition) is 0. The highest BCUT2D eigenvalue weighted by Gasteiger charge is 2.32. The standard InChI is InChI=1S/C23H26F3N3O3/c1-3-27-11-13-28(14-12-27)22(31)29(20-6-4-5-19(15-20)23(24,25)26)16-17-7-9-18(10-8-17)21(30)32-2/h4-10,15H,3,11-14,16H2,1-2H3. The molecule has 2 aromatic carbocycles. The molecule has 0 spiro atoms. The maximum absolute atomic E-state index is 13.4. The van der Waals surface area contributed by atoms with E-state index in [0.29, 0.717) is 37.3 Å². The van der Waals surface area contributed by atoms with Gasteiger partial charge in [-0.05, 0) is 42.4 Å². The number of ether oxygens (including phenoxy) is 1. The molecular weight excluding hydrogens is 423 g/mol. The van der Waals surface area contributed by atoms with Gasteiger partial charge in [0, 0.05) is 31.9 Å². The van der Waals surface area contributed by atoms with Gasteiger partial charge in [-0.15, -0.1) is 0 Å². The van der Waals surface area contributed by atoms with E-state index in [0.717, 1.165) is 18.7 Å². The maximum Gasteiger partial charge on any atom is 0.416 e. The minimum Gasteiger partial charge on any atom is -0.465 e. The molecule has 1 heterocycles. The third kappa shape index (κ3) is 5.59. The zero-order valence-electron chi connectivity index (χ0n) is 18.1. The highest BCUT2D eigenvalue weighted by atomic mass is 19.4. The van der Waals surface area contributed by atoms with Crippen molar-refractivity contribution < 1.29 is 27.5 Å². The van der Waals surface area contributed by atoms with Gasteiger partial charge in [-0.3, -0.25) is 4.90 Å². The summed E-state index contributed by atoms with van der Waals surface area (Å²) in [4.78, 5) is 30.2. The Balaban J connectivity index is 1.89. The van der Waals surface area contributed by atoms with Crippen molar-refractivity contribution in [3.05, 3.63) is 65.2 Å². The Morgan fingerprint density at radius 1 is 1.03 bits per heavy atom. The number of halogens is 3. The summed E-state index contributed by atoms with van der Waals surface area (Å²) in [5.41, 5.74) is 0.379. The van der Waals surface area contributed by atoms with E-state index >= 15 is 0 Å². The van der Waals surface area contributed by atoms with E-state index in [9.17, 15) is 22.8 Å². The van der Waals surface area contributed by atoms with Crippen molar-refractivity contribution in [3.8, 4) is 0 Å². The number of esters is 1. The summed E-state index contributed by atoms with van der Waals surface area (Å²) in [7, 11) is 1.28. The number of anilines is 1. The third-order valence-electron chi connectivity index (χ3n) is 5.52. The Morgan fingerprint density at radius 3 is 2.25 bits per heavy atom. The smallest absolute Gasteiger partial charge is 0.416 e. The highest BCUT2D eigenvalue weighted by molar-refractivity contribution is 5.92. The molecule has 9 heteroatoms. The highest BCUT2D eigenvalue weighted by Crippen LogP contribution is 2.32. The molecule has 0 saturated carbocycles. The van der Waals surface area contributed by atoms with Gasteiger partial charge in [0.25, 0.3) is 0 Å². The molecule has 1 aliphatic rings. The van der Waals surface area contributed by atoms with E-state index in [1.807, 2.05) is 6.92 Å². The molecule has 0 aromatic heterocycles. The normalized spacial score (nSPS) is 14.8. The van der Waals surface area contributed by atoms with Crippen molar-refractivity contribution in [2.45, 2.75) is 19.6 Å². The summed E-state index contributed by atoms with van der Waals surface area (Å²) >= 11 is 0. The first kappa shape index (κ1) is 23.6. The second-order valence-corrected chi connectivity index (χ2v) is 7.53. The van der Waals surface area contributed by atoms with E-state index in [2.05, 4.69) is 9.64 Å². The average molecular weight is 449 g/mol. The fourth-order valence-electron chi connectivity index (χ4n) is 3.59. The molecule has 172 valence electrons. The average Bonchev–Trinajstić information content (AvgIpc) is 2.81. The van der Waals surface area contributed by atoms with Crippen molar-refractivity contribution in [1.29, 1.82) is 0 Å². The van der Waals surface area contributed by atoms with Gasteiger partial charge in [-0.2, -0.15) is 13.2 Å². The van der Waals surface area contributed by atoms with Crippen LogP contribution >= 0.6 is 0 Å². The zero-order chi connectivity index (χ0) is 23.3. The van der Waals surface area contributed by atoms with Crippen molar-refractivity contribution in [2.24, 2.45) is 0 Å². The number of nitrogens with zero attached hydrogens (tertiary/aromatic N) is 3. The van der Waals surface area contributed by atoms with Gasteiger partial charge >= 0.3 is 18.2 Å². The van der Waals surface area contributed by atoms with Crippen LogP contribution in [0.15, 0.2) is 48.5 Å². The molecule has 0 unspecified atom stereocenters. The van der Waals surface area contributed by atoms with Gasteiger partial charge in [-0.1, -0.05) is 25.1 Å². The second kappa shape index (κ2) is 10.0. The minimum absolute atomic E-state index is 0.0651. The molecule has 0 aliphatic carbocycles. The molecular formula is C23H26F3N3O3. The maximum atomic E-state index is 13.4. The van der Waals surface area contributed by atoms with E-state index in [1.54, 1.807) is 29.2 Å². The predicted octanol–water partition coefficient (Wildman–Crippen LogP) is 4.26. The zero-order valence-corrected chi connectivity index (χ0v) is 18.1. The van der Waals surface area contributed by atoms with Gasteiger partial charge in [0.1, 0.15) is 0 Å². The topological polar surface area (TPSA) is 53.1 Å².